The second-order valence-corrected chi connectivity index (χ2v) is 3.81. The number of carbonyl (C=O) groups is 1. The van der Waals surface area contributed by atoms with E-state index in [-0.39, 0.29) is 12.0 Å². The highest BCUT2D eigenvalue weighted by Crippen LogP contribution is 2.21. The highest BCUT2D eigenvalue weighted by atomic mass is 16.5. The third kappa shape index (κ3) is 4.18. The van der Waals surface area contributed by atoms with Gasteiger partial charge in [0.2, 0.25) is 0 Å². The highest BCUT2D eigenvalue weighted by molar-refractivity contribution is 5.75. The maximum absolute atomic E-state index is 11.4. The molecule has 1 atom stereocenters. The largest absolute Gasteiger partial charge is 0.465 e. The Balaban J connectivity index is 2.11. The predicted octanol–water partition coefficient (Wildman–Crippen LogP) is 1.10. The van der Waals surface area contributed by atoms with Crippen LogP contribution in [-0.2, 0) is 14.3 Å². The molecule has 0 aromatic rings. The average molecular weight is 215 g/mol. The monoisotopic (exact) mass is 215 g/mol. The lowest BCUT2D eigenvalue weighted by Crippen LogP contribution is -2.37. The minimum atomic E-state index is -0.231. The van der Waals surface area contributed by atoms with Gasteiger partial charge in [0.1, 0.15) is 6.04 Å². The molecule has 0 aromatic heterocycles. The minimum absolute atomic E-state index is 0.183. The van der Waals surface area contributed by atoms with E-state index in [0.29, 0.717) is 25.7 Å². The van der Waals surface area contributed by atoms with Gasteiger partial charge in [-0.15, -0.1) is 0 Å². The molecule has 1 saturated carbocycles. The lowest BCUT2D eigenvalue weighted by atomic mass is 9.96. The Morgan fingerprint density at radius 3 is 2.73 bits per heavy atom. The molecule has 0 spiro atoms. The van der Waals surface area contributed by atoms with Crippen LogP contribution >= 0.6 is 0 Å². The van der Waals surface area contributed by atoms with Crippen LogP contribution in [0.5, 0.6) is 0 Å². The molecule has 4 heteroatoms. The molecule has 1 unspecified atom stereocenters. The van der Waals surface area contributed by atoms with Gasteiger partial charge in [0.25, 0.3) is 0 Å². The Hall–Kier alpha value is -0.610. The summed E-state index contributed by atoms with van der Waals surface area (Å²) in [6.45, 7) is 2.88. The predicted molar refractivity (Wildman–Crippen MR) is 57.7 cm³/mol. The van der Waals surface area contributed by atoms with Gasteiger partial charge in [0.15, 0.2) is 0 Å². The summed E-state index contributed by atoms with van der Waals surface area (Å²) in [5.41, 5.74) is 0. The second kappa shape index (κ2) is 6.80. The number of likely N-dealkylation sites (N-methyl/N-ethyl adjacent to an activating group) is 1. The summed E-state index contributed by atoms with van der Waals surface area (Å²) in [6.07, 6.45) is 4.74. The van der Waals surface area contributed by atoms with Crippen LogP contribution in [0.15, 0.2) is 0 Å². The summed E-state index contributed by atoms with van der Waals surface area (Å²) in [6, 6.07) is -0.231. The molecule has 88 valence electrons. The summed E-state index contributed by atoms with van der Waals surface area (Å²) >= 11 is 0. The van der Waals surface area contributed by atoms with Crippen LogP contribution in [0.1, 0.15) is 32.6 Å². The van der Waals surface area contributed by atoms with Gasteiger partial charge in [0.05, 0.1) is 12.7 Å². The van der Waals surface area contributed by atoms with E-state index in [1.807, 2.05) is 6.92 Å². The number of esters is 1. The smallest absolute Gasteiger partial charge is 0.323 e. The summed E-state index contributed by atoms with van der Waals surface area (Å²) in [5, 5.41) is 2.94. The fraction of sp³-hybridized carbons (Fsp3) is 0.909. The molecule has 4 nitrogen and oxygen atoms in total. The van der Waals surface area contributed by atoms with Crippen molar-refractivity contribution in [1.29, 1.82) is 0 Å². The fourth-order valence-corrected chi connectivity index (χ4v) is 1.51. The van der Waals surface area contributed by atoms with Gasteiger partial charge in [-0.25, -0.2) is 0 Å². The van der Waals surface area contributed by atoms with E-state index in [9.17, 15) is 4.79 Å². The molecule has 0 aliphatic heterocycles. The van der Waals surface area contributed by atoms with Crippen molar-refractivity contribution >= 4 is 5.97 Å². The highest BCUT2D eigenvalue weighted by Gasteiger charge is 2.20. The Morgan fingerprint density at radius 1 is 1.53 bits per heavy atom. The Kier molecular flexibility index (Phi) is 5.65. The molecular formula is C11H21NO3. The third-order valence-corrected chi connectivity index (χ3v) is 2.73. The zero-order valence-corrected chi connectivity index (χ0v) is 9.62. The van der Waals surface area contributed by atoms with E-state index in [0.717, 1.165) is 0 Å². The van der Waals surface area contributed by atoms with Crippen LogP contribution in [0.4, 0.5) is 0 Å². The third-order valence-electron chi connectivity index (χ3n) is 2.73. The van der Waals surface area contributed by atoms with E-state index in [1.165, 1.54) is 19.3 Å². The first-order valence-corrected chi connectivity index (χ1v) is 5.73. The molecule has 0 heterocycles. The first-order valence-electron chi connectivity index (χ1n) is 5.73. The van der Waals surface area contributed by atoms with Crippen LogP contribution in [-0.4, -0.2) is 38.4 Å². The number of hydrogen-bond acceptors (Lipinski definition) is 4. The van der Waals surface area contributed by atoms with Crippen LogP contribution in [0.3, 0.4) is 0 Å². The summed E-state index contributed by atoms with van der Waals surface area (Å²) in [7, 11) is 1.77. The zero-order valence-electron chi connectivity index (χ0n) is 9.62. The van der Waals surface area contributed by atoms with Gasteiger partial charge >= 0.3 is 5.97 Å². The first-order chi connectivity index (χ1) is 7.27. The van der Waals surface area contributed by atoms with Crippen LogP contribution in [0.25, 0.3) is 0 Å². The van der Waals surface area contributed by atoms with Crippen molar-refractivity contribution in [1.82, 2.24) is 5.32 Å². The maximum Gasteiger partial charge on any atom is 0.323 e. The second-order valence-electron chi connectivity index (χ2n) is 3.81. The molecule has 0 aromatic carbocycles. The van der Waals surface area contributed by atoms with E-state index < -0.39 is 0 Å². The number of ether oxygens (including phenoxy) is 2. The maximum atomic E-state index is 11.4. The normalized spacial score (nSPS) is 18.3. The topological polar surface area (TPSA) is 47.6 Å². The zero-order chi connectivity index (χ0) is 11.1. The van der Waals surface area contributed by atoms with Gasteiger partial charge in [0, 0.05) is 6.61 Å². The minimum Gasteiger partial charge on any atom is -0.465 e. The quantitative estimate of drug-likeness (QED) is 0.646. The number of hydrogen-bond donors (Lipinski definition) is 1. The van der Waals surface area contributed by atoms with Crippen molar-refractivity contribution in [3.63, 3.8) is 0 Å². The van der Waals surface area contributed by atoms with Crippen molar-refractivity contribution in [2.75, 3.05) is 20.3 Å². The van der Waals surface area contributed by atoms with Gasteiger partial charge in [-0.1, -0.05) is 0 Å². The van der Waals surface area contributed by atoms with Gasteiger partial charge in [-0.2, -0.15) is 0 Å². The van der Waals surface area contributed by atoms with Crippen molar-refractivity contribution in [3.05, 3.63) is 0 Å². The average Bonchev–Trinajstić information content (AvgIpc) is 2.15. The molecule has 1 aliphatic carbocycles. The van der Waals surface area contributed by atoms with Crippen molar-refractivity contribution in [2.45, 2.75) is 44.8 Å². The molecule has 0 bridgehead atoms. The molecule has 0 amide bonds. The standard InChI is InChI=1S/C11H21NO3/c1-3-14-11(13)10(12-2)7-8-15-9-5-4-6-9/h9-10,12H,3-8H2,1-2H3. The lowest BCUT2D eigenvalue weighted by Gasteiger charge is -2.26. The fourth-order valence-electron chi connectivity index (χ4n) is 1.51. The van der Waals surface area contributed by atoms with Crippen LogP contribution in [0, 0.1) is 0 Å². The Morgan fingerprint density at radius 2 is 2.27 bits per heavy atom. The van der Waals surface area contributed by atoms with Crippen molar-refractivity contribution in [3.8, 4) is 0 Å². The van der Waals surface area contributed by atoms with Crippen LogP contribution < -0.4 is 5.32 Å². The van der Waals surface area contributed by atoms with E-state index in [1.54, 1.807) is 7.05 Å². The molecule has 1 aliphatic rings. The molecule has 0 saturated heterocycles. The van der Waals surface area contributed by atoms with E-state index in [4.69, 9.17) is 9.47 Å². The van der Waals surface area contributed by atoms with Gasteiger partial charge in [-0.05, 0) is 39.7 Å². The lowest BCUT2D eigenvalue weighted by molar-refractivity contribution is -0.146. The molecule has 15 heavy (non-hydrogen) atoms. The summed E-state index contributed by atoms with van der Waals surface area (Å²) < 4.78 is 10.5. The molecule has 1 fully saturated rings. The molecule has 1 N–H and O–H groups in total. The van der Waals surface area contributed by atoms with Crippen molar-refractivity contribution in [2.24, 2.45) is 0 Å². The SMILES string of the molecule is CCOC(=O)C(CCOC1CCC1)NC. The number of carbonyl (C=O) groups excluding carboxylic acids is 1. The van der Waals surface area contributed by atoms with Gasteiger partial charge in [-0.3, -0.25) is 4.79 Å². The number of nitrogens with one attached hydrogen (secondary N) is 1. The number of rotatable bonds is 7. The van der Waals surface area contributed by atoms with Gasteiger partial charge < -0.3 is 14.8 Å². The Labute approximate surface area is 91.3 Å². The molecule has 0 radical (unpaired) electrons. The van der Waals surface area contributed by atoms with Crippen molar-refractivity contribution < 1.29 is 14.3 Å². The van der Waals surface area contributed by atoms with E-state index >= 15 is 0 Å². The summed E-state index contributed by atoms with van der Waals surface area (Å²) in [5.74, 6) is -0.183. The first kappa shape index (κ1) is 12.5. The molecule has 1 rings (SSSR count). The van der Waals surface area contributed by atoms with Crippen LogP contribution in [0.2, 0.25) is 0 Å². The molecular weight excluding hydrogens is 194 g/mol. The Bertz CT molecular complexity index is 192. The van der Waals surface area contributed by atoms with E-state index in [2.05, 4.69) is 5.32 Å². The summed E-state index contributed by atoms with van der Waals surface area (Å²) in [4.78, 5) is 11.4.